The van der Waals surface area contributed by atoms with Crippen molar-refractivity contribution in [2.24, 2.45) is 5.14 Å². The summed E-state index contributed by atoms with van der Waals surface area (Å²) in [7, 11) is -7.02. The summed E-state index contributed by atoms with van der Waals surface area (Å²) in [4.78, 5) is 13.6. The van der Waals surface area contributed by atoms with E-state index in [1.54, 1.807) is 30.3 Å². The maximum Gasteiger partial charge on any atom is 0.238 e. The lowest BCUT2D eigenvalue weighted by Gasteiger charge is -2.12. The Morgan fingerprint density at radius 3 is 2.32 bits per heavy atom. The van der Waals surface area contributed by atoms with Gasteiger partial charge in [-0.2, -0.15) is 4.98 Å². The van der Waals surface area contributed by atoms with Crippen molar-refractivity contribution in [2.45, 2.75) is 11.4 Å². The van der Waals surface area contributed by atoms with Crippen LogP contribution < -0.4 is 15.8 Å². The normalized spacial score (nSPS) is 12.0. The maximum absolute atomic E-state index is 13.6. The van der Waals surface area contributed by atoms with E-state index < -0.39 is 25.7 Å². The minimum absolute atomic E-state index is 0.000103. The first-order valence-corrected chi connectivity index (χ1v) is 14.8. The van der Waals surface area contributed by atoms with Crippen molar-refractivity contribution in [1.82, 2.24) is 15.0 Å². The molecule has 0 aliphatic carbocycles. The number of nitrogens with zero attached hydrogens (tertiary/aromatic N) is 3. The summed E-state index contributed by atoms with van der Waals surface area (Å²) >= 11 is 5.92. The zero-order valence-corrected chi connectivity index (χ0v) is 21.8. The highest BCUT2D eigenvalue weighted by Gasteiger charge is 2.13. The molecule has 0 bridgehead atoms. The fourth-order valence-electron chi connectivity index (χ4n) is 3.37. The second-order valence-electron chi connectivity index (χ2n) is 8.19. The van der Waals surface area contributed by atoms with Crippen LogP contribution in [0.15, 0.2) is 59.5 Å². The maximum atomic E-state index is 13.6. The lowest BCUT2D eigenvalue weighted by atomic mass is 10.1. The molecule has 194 valence electrons. The number of sulfonamides is 1. The molecule has 2 heterocycles. The minimum Gasteiger partial charge on any atom is -0.367 e. The third-order valence-electron chi connectivity index (χ3n) is 5.23. The van der Waals surface area contributed by atoms with E-state index in [-0.39, 0.29) is 34.7 Å². The number of sulfone groups is 1. The highest BCUT2D eigenvalue weighted by molar-refractivity contribution is 7.90. The molecule has 0 atom stereocenters. The first-order chi connectivity index (χ1) is 17.4. The minimum atomic E-state index is -3.79. The van der Waals surface area contributed by atoms with E-state index in [2.05, 4.69) is 25.6 Å². The van der Waals surface area contributed by atoms with Crippen molar-refractivity contribution < 1.29 is 21.2 Å². The topological polar surface area (TPSA) is 157 Å². The van der Waals surface area contributed by atoms with Crippen molar-refractivity contribution in [2.75, 3.05) is 29.2 Å². The number of pyridine rings is 1. The van der Waals surface area contributed by atoms with E-state index in [0.29, 0.717) is 28.1 Å². The fourth-order valence-corrected chi connectivity index (χ4v) is 4.53. The Bertz CT molecular complexity index is 1680. The van der Waals surface area contributed by atoms with Gasteiger partial charge in [0.15, 0.2) is 5.82 Å². The summed E-state index contributed by atoms with van der Waals surface area (Å²) in [5.74, 6) is -0.127. The second kappa shape index (κ2) is 10.5. The lowest BCUT2D eigenvalue weighted by molar-refractivity contribution is 0.597. The van der Waals surface area contributed by atoms with Crippen molar-refractivity contribution in [3.05, 3.63) is 71.0 Å². The van der Waals surface area contributed by atoms with Crippen LogP contribution in [0, 0.1) is 5.82 Å². The van der Waals surface area contributed by atoms with Crippen LogP contribution in [0.2, 0.25) is 5.02 Å². The number of fused-ring (bicyclic) bond motifs is 1. The Labute approximate surface area is 218 Å². The van der Waals surface area contributed by atoms with Crippen LogP contribution in [0.5, 0.6) is 0 Å². The Hall–Kier alpha value is -3.39. The number of halogens is 2. The summed E-state index contributed by atoms with van der Waals surface area (Å²) in [5, 5.41) is 11.2. The Morgan fingerprint density at radius 2 is 1.68 bits per heavy atom. The van der Waals surface area contributed by atoms with Crippen LogP contribution in [-0.4, -0.2) is 50.3 Å². The molecule has 0 saturated carbocycles. The third kappa shape index (κ3) is 6.89. The zero-order valence-electron chi connectivity index (χ0n) is 19.4. The monoisotopic (exact) mass is 564 g/mol. The molecule has 10 nitrogen and oxygen atoms in total. The molecule has 0 spiro atoms. The van der Waals surface area contributed by atoms with Gasteiger partial charge in [0.2, 0.25) is 16.0 Å². The molecule has 4 rings (SSSR count). The van der Waals surface area contributed by atoms with E-state index in [0.717, 1.165) is 11.8 Å². The molecule has 0 unspecified atom stereocenters. The molecule has 14 heteroatoms. The average molecular weight is 565 g/mol. The summed E-state index contributed by atoms with van der Waals surface area (Å²) in [6.07, 6.45) is 1.13. The van der Waals surface area contributed by atoms with Crippen LogP contribution in [0.1, 0.15) is 5.56 Å². The van der Waals surface area contributed by atoms with Gasteiger partial charge < -0.3 is 10.6 Å². The fraction of sp³-hybridized carbons (Fsp3) is 0.174. The molecule has 0 aliphatic rings. The predicted octanol–water partition coefficient (Wildman–Crippen LogP) is 3.20. The van der Waals surface area contributed by atoms with Gasteiger partial charge in [0.05, 0.1) is 26.9 Å². The smallest absolute Gasteiger partial charge is 0.238 e. The Morgan fingerprint density at radius 1 is 0.946 bits per heavy atom. The van der Waals surface area contributed by atoms with Gasteiger partial charge in [-0.1, -0.05) is 23.7 Å². The van der Waals surface area contributed by atoms with Crippen molar-refractivity contribution in [3.63, 3.8) is 0 Å². The average Bonchev–Trinajstić information content (AvgIpc) is 2.83. The van der Waals surface area contributed by atoms with Gasteiger partial charge in [0.1, 0.15) is 21.2 Å². The molecule has 0 fully saturated rings. The highest BCUT2D eigenvalue weighted by Crippen LogP contribution is 2.28. The van der Waals surface area contributed by atoms with Crippen LogP contribution in [0.25, 0.3) is 22.3 Å². The number of anilines is 2. The van der Waals surface area contributed by atoms with Gasteiger partial charge in [-0.05, 0) is 48.0 Å². The van der Waals surface area contributed by atoms with E-state index in [4.69, 9.17) is 16.7 Å². The highest BCUT2D eigenvalue weighted by atomic mass is 35.5. The number of hydrogen-bond acceptors (Lipinski definition) is 9. The van der Waals surface area contributed by atoms with E-state index in [9.17, 15) is 21.2 Å². The SMILES string of the molecule is CS(=O)(=O)CCNc1nc(NCc2ccc(S(N)(=O)=O)cc2)nc2ccc(-c3ccc(F)c(Cl)c3)nc12. The van der Waals surface area contributed by atoms with Gasteiger partial charge in [0.25, 0.3) is 0 Å². The van der Waals surface area contributed by atoms with Gasteiger partial charge in [-0.3, -0.25) is 0 Å². The van der Waals surface area contributed by atoms with Gasteiger partial charge in [-0.15, -0.1) is 0 Å². The summed E-state index contributed by atoms with van der Waals surface area (Å²) in [6, 6.07) is 13.7. The lowest BCUT2D eigenvalue weighted by Crippen LogP contribution is -2.16. The molecule has 0 saturated heterocycles. The summed E-state index contributed by atoms with van der Waals surface area (Å²) in [6.45, 7) is 0.368. The van der Waals surface area contributed by atoms with E-state index in [1.807, 2.05) is 0 Å². The van der Waals surface area contributed by atoms with Gasteiger partial charge in [-0.25, -0.2) is 36.3 Å². The number of nitrogens with two attached hydrogens (primary N) is 1. The zero-order chi connectivity index (χ0) is 26.8. The number of benzene rings is 2. The van der Waals surface area contributed by atoms with E-state index >= 15 is 0 Å². The molecule has 37 heavy (non-hydrogen) atoms. The molecule has 2 aromatic heterocycles. The van der Waals surface area contributed by atoms with E-state index in [1.165, 1.54) is 24.3 Å². The number of primary sulfonamides is 1. The molecule has 0 aliphatic heterocycles. The standard InChI is InChI=1S/C23H22ClFN6O4S2/c1-36(32,33)11-10-27-22-21-20(9-8-19(29-21)15-4-7-18(25)17(24)12-15)30-23(31-22)28-13-14-2-5-16(6-3-14)37(26,34)35/h2-9,12H,10-11,13H2,1H3,(H2,26,34,35)(H2,27,28,30,31). The second-order valence-corrected chi connectivity index (χ2v) is 12.4. The molecule has 2 aromatic carbocycles. The van der Waals surface area contributed by atoms with Gasteiger partial charge >= 0.3 is 0 Å². The van der Waals surface area contributed by atoms with Crippen molar-refractivity contribution in [1.29, 1.82) is 0 Å². The molecule has 0 amide bonds. The molecular weight excluding hydrogens is 543 g/mol. The quantitative estimate of drug-likeness (QED) is 0.277. The third-order valence-corrected chi connectivity index (χ3v) is 7.39. The summed E-state index contributed by atoms with van der Waals surface area (Å²) < 4.78 is 59.7. The van der Waals surface area contributed by atoms with Crippen molar-refractivity contribution >= 4 is 54.3 Å². The number of nitrogens with one attached hydrogen (secondary N) is 2. The largest absolute Gasteiger partial charge is 0.367 e. The van der Waals surface area contributed by atoms with Gasteiger partial charge in [0, 0.05) is 24.9 Å². The first-order valence-electron chi connectivity index (χ1n) is 10.8. The molecular formula is C23H22ClFN6O4S2. The van der Waals surface area contributed by atoms with Crippen molar-refractivity contribution in [3.8, 4) is 11.3 Å². The molecule has 4 aromatic rings. The number of hydrogen-bond donors (Lipinski definition) is 3. The van der Waals surface area contributed by atoms with Crippen LogP contribution in [0.4, 0.5) is 16.2 Å². The summed E-state index contributed by atoms with van der Waals surface area (Å²) in [5.41, 5.74) is 2.69. The van der Waals surface area contributed by atoms with Crippen LogP contribution in [-0.2, 0) is 26.4 Å². The molecule has 0 radical (unpaired) electrons. The van der Waals surface area contributed by atoms with Crippen LogP contribution >= 0.6 is 11.6 Å². The number of rotatable bonds is 9. The predicted molar refractivity (Wildman–Crippen MR) is 141 cm³/mol. The van der Waals surface area contributed by atoms with Crippen LogP contribution in [0.3, 0.4) is 0 Å². The number of aromatic nitrogens is 3. The molecule has 4 N–H and O–H groups in total. The Kier molecular flexibility index (Phi) is 7.59. The Balaban J connectivity index is 1.65. The first kappa shape index (κ1) is 26.7.